The highest BCUT2D eigenvalue weighted by atomic mass is 79.9. The van der Waals surface area contributed by atoms with Crippen molar-refractivity contribution in [3.63, 3.8) is 0 Å². The van der Waals surface area contributed by atoms with E-state index in [-0.39, 0.29) is 11.9 Å². The van der Waals surface area contributed by atoms with Crippen molar-refractivity contribution >= 4 is 27.7 Å². The SMILES string of the molecule is Cc1ccc(Br)nc1NC(=O)[C@@H]1C[C@H]2C[C@H]2N1. The minimum atomic E-state index is -0.0427. The molecule has 1 saturated carbocycles. The van der Waals surface area contributed by atoms with Crippen LogP contribution in [0.1, 0.15) is 18.4 Å². The first-order valence-corrected chi connectivity index (χ1v) is 6.63. The summed E-state index contributed by atoms with van der Waals surface area (Å²) in [6.07, 6.45) is 2.20. The number of fused-ring (bicyclic) bond motifs is 1. The minimum Gasteiger partial charge on any atom is -0.309 e. The van der Waals surface area contributed by atoms with Crippen LogP contribution >= 0.6 is 15.9 Å². The zero-order valence-corrected chi connectivity index (χ0v) is 11.1. The van der Waals surface area contributed by atoms with E-state index in [1.54, 1.807) is 0 Å². The number of hydrogen-bond donors (Lipinski definition) is 2. The maximum absolute atomic E-state index is 12.0. The molecule has 1 saturated heterocycles. The van der Waals surface area contributed by atoms with Crippen molar-refractivity contribution < 1.29 is 4.79 Å². The molecule has 1 aliphatic carbocycles. The molecule has 4 nitrogen and oxygen atoms in total. The van der Waals surface area contributed by atoms with Crippen molar-refractivity contribution in [2.75, 3.05) is 5.32 Å². The van der Waals surface area contributed by atoms with Crippen LogP contribution in [0, 0.1) is 12.8 Å². The smallest absolute Gasteiger partial charge is 0.242 e. The second-order valence-corrected chi connectivity index (χ2v) is 5.66. The predicted octanol–water partition coefficient (Wildman–Crippen LogP) is 1.84. The lowest BCUT2D eigenvalue weighted by Crippen LogP contribution is -2.38. The molecule has 1 amide bonds. The maximum atomic E-state index is 12.0. The first kappa shape index (κ1) is 11.2. The Morgan fingerprint density at radius 2 is 2.35 bits per heavy atom. The van der Waals surface area contributed by atoms with E-state index in [0.717, 1.165) is 22.5 Å². The van der Waals surface area contributed by atoms with Crippen molar-refractivity contribution in [2.45, 2.75) is 31.8 Å². The number of nitrogens with zero attached hydrogens (tertiary/aromatic N) is 1. The number of aromatic nitrogens is 1. The molecule has 0 spiro atoms. The Morgan fingerprint density at radius 1 is 1.53 bits per heavy atom. The van der Waals surface area contributed by atoms with Crippen molar-refractivity contribution in [1.29, 1.82) is 0 Å². The average molecular weight is 296 g/mol. The third kappa shape index (κ3) is 2.21. The number of nitrogens with one attached hydrogen (secondary N) is 2. The van der Waals surface area contributed by atoms with Crippen molar-refractivity contribution in [1.82, 2.24) is 10.3 Å². The molecule has 17 heavy (non-hydrogen) atoms. The molecule has 3 atom stereocenters. The van der Waals surface area contributed by atoms with Gasteiger partial charge in [0.05, 0.1) is 6.04 Å². The van der Waals surface area contributed by atoms with Gasteiger partial charge in [-0.05, 0) is 53.2 Å². The number of pyridine rings is 1. The number of rotatable bonds is 2. The number of anilines is 1. The number of halogens is 1. The van der Waals surface area contributed by atoms with Crippen LogP contribution in [0.2, 0.25) is 0 Å². The minimum absolute atomic E-state index is 0.0332. The summed E-state index contributed by atoms with van der Waals surface area (Å²) in [4.78, 5) is 16.3. The van der Waals surface area contributed by atoms with Gasteiger partial charge in [0.25, 0.3) is 0 Å². The van der Waals surface area contributed by atoms with E-state index in [2.05, 4.69) is 31.5 Å². The lowest BCUT2D eigenvalue weighted by Gasteiger charge is -2.14. The standard InChI is InChI=1S/C12H14BrN3O/c1-6-2-3-10(13)15-11(6)16-12(17)9-5-7-4-8(7)14-9/h2-3,7-9,14H,4-5H2,1H3,(H,15,16,17)/t7-,8-,9+/m1/s1. The average Bonchev–Trinajstić information content (AvgIpc) is 2.91. The van der Waals surface area contributed by atoms with Gasteiger partial charge in [-0.15, -0.1) is 0 Å². The summed E-state index contributed by atoms with van der Waals surface area (Å²) >= 11 is 3.31. The van der Waals surface area contributed by atoms with Crippen LogP contribution in [0.5, 0.6) is 0 Å². The summed E-state index contributed by atoms with van der Waals surface area (Å²) in [5.74, 6) is 1.40. The van der Waals surface area contributed by atoms with E-state index in [1.165, 1.54) is 6.42 Å². The van der Waals surface area contributed by atoms with Gasteiger partial charge in [-0.3, -0.25) is 4.79 Å². The lowest BCUT2D eigenvalue weighted by atomic mass is 10.1. The molecule has 1 aromatic heterocycles. The Morgan fingerprint density at radius 3 is 3.06 bits per heavy atom. The quantitative estimate of drug-likeness (QED) is 0.819. The van der Waals surface area contributed by atoms with Crippen LogP contribution in [0.15, 0.2) is 16.7 Å². The Labute approximate surface area is 108 Å². The largest absolute Gasteiger partial charge is 0.309 e. The highest BCUT2D eigenvalue weighted by molar-refractivity contribution is 9.10. The lowest BCUT2D eigenvalue weighted by molar-refractivity contribution is -0.118. The molecule has 0 radical (unpaired) electrons. The van der Waals surface area contributed by atoms with Gasteiger partial charge in [0.15, 0.2) is 0 Å². The fourth-order valence-corrected chi connectivity index (χ4v) is 2.67. The molecule has 0 aromatic carbocycles. The fourth-order valence-electron chi connectivity index (χ4n) is 2.36. The Hall–Kier alpha value is -0.940. The fraction of sp³-hybridized carbons (Fsp3) is 0.500. The zero-order valence-electron chi connectivity index (χ0n) is 9.53. The molecule has 2 heterocycles. The van der Waals surface area contributed by atoms with Crippen molar-refractivity contribution in [3.05, 3.63) is 22.3 Å². The number of piperidine rings is 1. The number of carbonyl (C=O) groups excluding carboxylic acids is 1. The molecule has 1 aliphatic heterocycles. The van der Waals surface area contributed by atoms with E-state index >= 15 is 0 Å². The van der Waals surface area contributed by atoms with Gasteiger partial charge < -0.3 is 10.6 Å². The second kappa shape index (κ2) is 4.07. The summed E-state index contributed by atoms with van der Waals surface area (Å²) in [5, 5.41) is 6.22. The first-order chi connectivity index (χ1) is 8.13. The first-order valence-electron chi connectivity index (χ1n) is 5.83. The maximum Gasteiger partial charge on any atom is 0.242 e. The van der Waals surface area contributed by atoms with Crippen molar-refractivity contribution in [2.24, 2.45) is 5.92 Å². The predicted molar refractivity (Wildman–Crippen MR) is 68.7 cm³/mol. The van der Waals surface area contributed by atoms with Gasteiger partial charge in [-0.25, -0.2) is 4.98 Å². The number of carbonyl (C=O) groups is 1. The molecular formula is C12H14BrN3O. The van der Waals surface area contributed by atoms with Crippen LogP contribution < -0.4 is 10.6 Å². The van der Waals surface area contributed by atoms with Crippen LogP contribution in [-0.4, -0.2) is 23.0 Å². The molecule has 2 N–H and O–H groups in total. The summed E-state index contributed by atoms with van der Waals surface area (Å²) in [6.45, 7) is 1.94. The normalized spacial score (nSPS) is 29.9. The second-order valence-electron chi connectivity index (χ2n) is 4.85. The van der Waals surface area contributed by atoms with Gasteiger partial charge in [-0.2, -0.15) is 0 Å². The van der Waals surface area contributed by atoms with Gasteiger partial charge in [0, 0.05) is 6.04 Å². The van der Waals surface area contributed by atoms with E-state index in [0.29, 0.717) is 11.9 Å². The van der Waals surface area contributed by atoms with Crippen LogP contribution in [-0.2, 0) is 4.79 Å². The van der Waals surface area contributed by atoms with Gasteiger partial charge in [0.1, 0.15) is 10.4 Å². The Balaban J connectivity index is 1.69. The van der Waals surface area contributed by atoms with Crippen LogP contribution in [0.25, 0.3) is 0 Å². The molecule has 1 aromatic rings. The van der Waals surface area contributed by atoms with Gasteiger partial charge >= 0.3 is 0 Å². The third-order valence-electron chi connectivity index (χ3n) is 3.50. The number of aryl methyl sites for hydroxylation is 1. The van der Waals surface area contributed by atoms with Crippen molar-refractivity contribution in [3.8, 4) is 0 Å². The van der Waals surface area contributed by atoms with Gasteiger partial charge in [-0.1, -0.05) is 6.07 Å². The molecule has 0 bridgehead atoms. The molecule has 0 unspecified atom stereocenters. The summed E-state index contributed by atoms with van der Waals surface area (Å²) in [6, 6.07) is 4.35. The molecule has 5 heteroatoms. The van der Waals surface area contributed by atoms with Gasteiger partial charge in [0.2, 0.25) is 5.91 Å². The van der Waals surface area contributed by atoms with E-state index in [4.69, 9.17) is 0 Å². The molecule has 2 fully saturated rings. The van der Waals surface area contributed by atoms with E-state index in [9.17, 15) is 4.79 Å². The van der Waals surface area contributed by atoms with E-state index in [1.807, 2.05) is 19.1 Å². The highest BCUT2D eigenvalue weighted by Gasteiger charge is 2.47. The van der Waals surface area contributed by atoms with E-state index < -0.39 is 0 Å². The molecule has 90 valence electrons. The Bertz CT molecular complexity index is 467. The number of amides is 1. The molecular weight excluding hydrogens is 282 g/mol. The highest BCUT2D eigenvalue weighted by Crippen LogP contribution is 2.40. The third-order valence-corrected chi connectivity index (χ3v) is 3.94. The van der Waals surface area contributed by atoms with Crippen LogP contribution in [0.3, 0.4) is 0 Å². The monoisotopic (exact) mass is 295 g/mol. The topological polar surface area (TPSA) is 54.0 Å². The molecule has 2 aliphatic rings. The summed E-state index contributed by atoms with van der Waals surface area (Å²) < 4.78 is 0.737. The summed E-state index contributed by atoms with van der Waals surface area (Å²) in [7, 11) is 0. The molecule has 3 rings (SSSR count). The number of hydrogen-bond acceptors (Lipinski definition) is 3. The van der Waals surface area contributed by atoms with Crippen LogP contribution in [0.4, 0.5) is 5.82 Å². The summed E-state index contributed by atoms with van der Waals surface area (Å²) in [5.41, 5.74) is 0.977. The zero-order chi connectivity index (χ0) is 12.0. The Kier molecular flexibility index (Phi) is 2.67.